The van der Waals surface area contributed by atoms with Crippen LogP contribution in [0.15, 0.2) is 18.3 Å². The Morgan fingerprint density at radius 3 is 2.58 bits per heavy atom. The second-order valence-electron chi connectivity index (χ2n) is 4.22. The van der Waals surface area contributed by atoms with E-state index in [1.165, 1.54) is 16.9 Å². The van der Waals surface area contributed by atoms with Gasteiger partial charge in [0.1, 0.15) is 11.6 Å². The number of nitrogens with one attached hydrogen (secondary N) is 1. The molecule has 19 heavy (non-hydrogen) atoms. The Morgan fingerprint density at radius 2 is 2.05 bits per heavy atom. The van der Waals surface area contributed by atoms with Gasteiger partial charge in [0, 0.05) is 18.7 Å². The standard InChI is InChI=1S/C12H13ClF2N4/c1-6-3-7(10(15)4-9(6)14)11(18-16)12-8(13)5-17-19(12)2/h3-5,11,18H,16H2,1-2H3. The number of nitrogens with zero attached hydrogens (tertiary/aromatic N) is 2. The molecule has 0 fully saturated rings. The smallest absolute Gasteiger partial charge is 0.131 e. The number of aryl methyl sites for hydroxylation is 2. The summed E-state index contributed by atoms with van der Waals surface area (Å²) in [4.78, 5) is 0. The van der Waals surface area contributed by atoms with Crippen LogP contribution < -0.4 is 11.3 Å². The van der Waals surface area contributed by atoms with Crippen LogP contribution in [0.5, 0.6) is 0 Å². The molecule has 0 amide bonds. The van der Waals surface area contributed by atoms with Crippen molar-refractivity contribution in [3.05, 3.63) is 51.8 Å². The Bertz CT molecular complexity index is 593. The van der Waals surface area contributed by atoms with Gasteiger partial charge in [0.25, 0.3) is 0 Å². The summed E-state index contributed by atoms with van der Waals surface area (Å²) in [7, 11) is 1.67. The highest BCUT2D eigenvalue weighted by Gasteiger charge is 2.23. The quantitative estimate of drug-likeness (QED) is 0.672. The lowest BCUT2D eigenvalue weighted by atomic mass is 10.0. The predicted octanol–water partition coefficient (Wildman–Crippen LogP) is 2.21. The first-order valence-electron chi connectivity index (χ1n) is 5.54. The number of nitrogens with two attached hydrogens (primary N) is 1. The number of aromatic nitrogens is 2. The zero-order valence-electron chi connectivity index (χ0n) is 10.4. The molecule has 0 aliphatic rings. The third-order valence-corrected chi connectivity index (χ3v) is 3.26. The van der Waals surface area contributed by atoms with Crippen LogP contribution in [0.25, 0.3) is 0 Å². The van der Waals surface area contributed by atoms with Gasteiger partial charge in [-0.05, 0) is 18.6 Å². The van der Waals surface area contributed by atoms with Crippen molar-refractivity contribution in [3.8, 4) is 0 Å². The van der Waals surface area contributed by atoms with Gasteiger partial charge in [0.05, 0.1) is 23.0 Å². The fourth-order valence-corrected chi connectivity index (χ4v) is 2.24. The van der Waals surface area contributed by atoms with Crippen molar-refractivity contribution < 1.29 is 8.78 Å². The number of hydrogen-bond donors (Lipinski definition) is 2. The lowest BCUT2D eigenvalue weighted by molar-refractivity contribution is 0.520. The molecule has 0 aliphatic carbocycles. The van der Waals surface area contributed by atoms with Gasteiger partial charge in [-0.3, -0.25) is 10.5 Å². The maximum absolute atomic E-state index is 13.9. The van der Waals surface area contributed by atoms with Gasteiger partial charge in [0.2, 0.25) is 0 Å². The van der Waals surface area contributed by atoms with Gasteiger partial charge in [-0.25, -0.2) is 14.2 Å². The van der Waals surface area contributed by atoms with Crippen molar-refractivity contribution >= 4 is 11.6 Å². The molecular formula is C12H13ClF2N4. The minimum absolute atomic E-state index is 0.215. The number of benzene rings is 1. The van der Waals surface area contributed by atoms with Crippen LogP contribution in [-0.2, 0) is 7.05 Å². The Balaban J connectivity index is 2.58. The summed E-state index contributed by atoms with van der Waals surface area (Å²) < 4.78 is 28.7. The molecule has 7 heteroatoms. The van der Waals surface area contributed by atoms with Crippen LogP contribution in [0, 0.1) is 18.6 Å². The molecule has 4 nitrogen and oxygen atoms in total. The number of halogens is 3. The molecule has 0 bridgehead atoms. The van der Waals surface area contributed by atoms with E-state index < -0.39 is 17.7 Å². The van der Waals surface area contributed by atoms with Crippen LogP contribution in [0.3, 0.4) is 0 Å². The highest BCUT2D eigenvalue weighted by molar-refractivity contribution is 6.31. The number of hydrazine groups is 1. The number of hydrogen-bond acceptors (Lipinski definition) is 3. The van der Waals surface area contributed by atoms with Crippen LogP contribution in [0.2, 0.25) is 5.02 Å². The largest absolute Gasteiger partial charge is 0.271 e. The highest BCUT2D eigenvalue weighted by Crippen LogP contribution is 2.30. The summed E-state index contributed by atoms with van der Waals surface area (Å²) >= 11 is 6.02. The second-order valence-corrected chi connectivity index (χ2v) is 4.63. The minimum atomic E-state index is -0.709. The van der Waals surface area contributed by atoms with Crippen molar-refractivity contribution in [1.82, 2.24) is 15.2 Å². The Morgan fingerprint density at radius 1 is 1.37 bits per heavy atom. The van der Waals surface area contributed by atoms with Gasteiger partial charge < -0.3 is 0 Å². The summed E-state index contributed by atoms with van der Waals surface area (Å²) in [6.45, 7) is 1.55. The average molecular weight is 287 g/mol. The molecule has 0 saturated heterocycles. The molecule has 1 unspecified atom stereocenters. The molecular weight excluding hydrogens is 274 g/mol. The molecule has 1 atom stereocenters. The minimum Gasteiger partial charge on any atom is -0.271 e. The van der Waals surface area contributed by atoms with E-state index in [0.717, 1.165) is 6.07 Å². The SMILES string of the molecule is Cc1cc(C(NN)c2c(Cl)cnn2C)c(F)cc1F. The molecule has 1 aromatic carbocycles. The molecule has 0 spiro atoms. The van der Waals surface area contributed by atoms with E-state index in [4.69, 9.17) is 17.4 Å². The van der Waals surface area contributed by atoms with Crippen LogP contribution >= 0.6 is 11.6 Å². The average Bonchev–Trinajstić information content (AvgIpc) is 2.68. The van der Waals surface area contributed by atoms with Gasteiger partial charge in [-0.2, -0.15) is 5.10 Å². The normalized spacial score (nSPS) is 12.7. The van der Waals surface area contributed by atoms with E-state index in [-0.39, 0.29) is 5.56 Å². The maximum atomic E-state index is 13.9. The van der Waals surface area contributed by atoms with E-state index in [1.54, 1.807) is 14.0 Å². The summed E-state index contributed by atoms with van der Waals surface area (Å²) in [5.74, 6) is 4.19. The third-order valence-electron chi connectivity index (χ3n) is 2.97. The molecule has 0 aliphatic heterocycles. The zero-order chi connectivity index (χ0) is 14.2. The van der Waals surface area contributed by atoms with Crippen molar-refractivity contribution in [2.75, 3.05) is 0 Å². The van der Waals surface area contributed by atoms with E-state index in [1.807, 2.05) is 0 Å². The van der Waals surface area contributed by atoms with Crippen LogP contribution in [-0.4, -0.2) is 9.78 Å². The highest BCUT2D eigenvalue weighted by atomic mass is 35.5. The summed E-state index contributed by atoms with van der Waals surface area (Å²) in [6.07, 6.45) is 1.44. The van der Waals surface area contributed by atoms with Gasteiger partial charge in [-0.15, -0.1) is 0 Å². The lowest BCUT2D eigenvalue weighted by Gasteiger charge is -2.18. The molecule has 102 valence electrons. The van der Waals surface area contributed by atoms with E-state index >= 15 is 0 Å². The van der Waals surface area contributed by atoms with Gasteiger partial charge in [0.15, 0.2) is 0 Å². The summed E-state index contributed by atoms with van der Waals surface area (Å²) in [6, 6.07) is 1.52. The molecule has 0 saturated carbocycles. The van der Waals surface area contributed by atoms with E-state index in [0.29, 0.717) is 16.3 Å². The third kappa shape index (κ3) is 2.47. The maximum Gasteiger partial charge on any atom is 0.131 e. The first kappa shape index (κ1) is 13.9. The van der Waals surface area contributed by atoms with Gasteiger partial charge >= 0.3 is 0 Å². The molecule has 0 radical (unpaired) electrons. The van der Waals surface area contributed by atoms with Crippen molar-refractivity contribution in [2.45, 2.75) is 13.0 Å². The molecule has 2 rings (SSSR count). The van der Waals surface area contributed by atoms with E-state index in [2.05, 4.69) is 10.5 Å². The van der Waals surface area contributed by atoms with Gasteiger partial charge in [-0.1, -0.05) is 11.6 Å². The molecule has 1 heterocycles. The topological polar surface area (TPSA) is 55.9 Å². The Labute approximate surface area is 114 Å². The number of rotatable bonds is 3. The van der Waals surface area contributed by atoms with Crippen molar-refractivity contribution in [1.29, 1.82) is 0 Å². The first-order chi connectivity index (χ1) is 8.95. The summed E-state index contributed by atoms with van der Waals surface area (Å²) in [5, 5.41) is 4.33. The fraction of sp³-hybridized carbons (Fsp3) is 0.250. The summed E-state index contributed by atoms with van der Waals surface area (Å²) in [5.41, 5.74) is 3.53. The molecule has 1 aromatic heterocycles. The Kier molecular flexibility index (Phi) is 3.84. The van der Waals surface area contributed by atoms with Crippen LogP contribution in [0.1, 0.15) is 22.9 Å². The van der Waals surface area contributed by atoms with Crippen molar-refractivity contribution in [2.24, 2.45) is 12.9 Å². The first-order valence-corrected chi connectivity index (χ1v) is 5.92. The molecule has 3 N–H and O–H groups in total. The zero-order valence-corrected chi connectivity index (χ0v) is 11.2. The Hall–Kier alpha value is -1.50. The van der Waals surface area contributed by atoms with Crippen LogP contribution in [0.4, 0.5) is 8.78 Å². The predicted molar refractivity (Wildman–Crippen MR) is 68.5 cm³/mol. The fourth-order valence-electron chi connectivity index (χ4n) is 1.96. The van der Waals surface area contributed by atoms with E-state index in [9.17, 15) is 8.78 Å². The lowest BCUT2D eigenvalue weighted by Crippen LogP contribution is -2.31. The van der Waals surface area contributed by atoms with Crippen molar-refractivity contribution in [3.63, 3.8) is 0 Å². The second kappa shape index (κ2) is 5.24. The monoisotopic (exact) mass is 286 g/mol. The molecule has 2 aromatic rings.